The molecule has 0 bridgehead atoms. The first-order valence-electron chi connectivity index (χ1n) is 7.32. The average molecular weight is 238 g/mol. The van der Waals surface area contributed by atoms with Crippen molar-refractivity contribution in [2.45, 2.75) is 63.8 Å². The van der Waals surface area contributed by atoms with Gasteiger partial charge in [0.25, 0.3) is 0 Å². The van der Waals surface area contributed by atoms with Gasteiger partial charge in [0.15, 0.2) is 0 Å². The van der Waals surface area contributed by atoms with Crippen molar-refractivity contribution in [3.8, 4) is 0 Å². The Morgan fingerprint density at radius 3 is 2.88 bits per heavy atom. The Morgan fingerprint density at radius 1 is 1.41 bits per heavy atom. The van der Waals surface area contributed by atoms with E-state index in [1.165, 1.54) is 44.9 Å². The Labute approximate surface area is 107 Å². The fraction of sp³-hybridized carbons (Fsp3) is 0.867. The number of nitrogens with one attached hydrogen (secondary N) is 1. The Balaban J connectivity index is 2.45. The molecule has 0 aromatic carbocycles. The zero-order valence-electron chi connectivity index (χ0n) is 11.5. The summed E-state index contributed by atoms with van der Waals surface area (Å²) in [7, 11) is 0. The molecule has 2 heteroatoms. The second-order valence-corrected chi connectivity index (χ2v) is 5.57. The molecule has 0 aliphatic heterocycles. The highest BCUT2D eigenvalue weighted by Crippen LogP contribution is 2.32. The summed E-state index contributed by atoms with van der Waals surface area (Å²) < 4.78 is 0. The molecule has 0 spiro atoms. The third-order valence-electron chi connectivity index (χ3n) is 4.23. The lowest BCUT2D eigenvalue weighted by molar-refractivity contribution is 0.289. The van der Waals surface area contributed by atoms with Crippen LogP contribution in [0.4, 0.5) is 0 Å². The highest BCUT2D eigenvalue weighted by atomic mass is 15.0. The van der Waals surface area contributed by atoms with E-state index in [1.54, 1.807) is 0 Å². The van der Waals surface area contributed by atoms with Crippen molar-refractivity contribution < 1.29 is 0 Å². The van der Waals surface area contributed by atoms with E-state index in [4.69, 9.17) is 5.73 Å². The molecule has 100 valence electrons. The minimum Gasteiger partial charge on any atom is -0.329 e. The quantitative estimate of drug-likeness (QED) is 0.406. The third-order valence-corrected chi connectivity index (χ3v) is 4.23. The van der Waals surface area contributed by atoms with Gasteiger partial charge < -0.3 is 11.1 Å². The lowest BCUT2D eigenvalue weighted by Crippen LogP contribution is -2.51. The Hall–Kier alpha value is -0.340. The normalized spacial score (nSPS) is 29.9. The lowest BCUT2D eigenvalue weighted by atomic mass is 9.89. The molecule has 2 atom stereocenters. The monoisotopic (exact) mass is 238 g/mol. The van der Waals surface area contributed by atoms with Gasteiger partial charge >= 0.3 is 0 Å². The van der Waals surface area contributed by atoms with Crippen LogP contribution in [0.15, 0.2) is 12.7 Å². The summed E-state index contributed by atoms with van der Waals surface area (Å²) in [6.07, 6.45) is 12.3. The molecule has 3 N–H and O–H groups in total. The van der Waals surface area contributed by atoms with Crippen molar-refractivity contribution >= 4 is 0 Å². The molecule has 0 saturated heterocycles. The van der Waals surface area contributed by atoms with Crippen LogP contribution >= 0.6 is 0 Å². The third kappa shape index (κ3) is 4.81. The second kappa shape index (κ2) is 7.88. The summed E-state index contributed by atoms with van der Waals surface area (Å²) in [5.74, 6) is 0.939. The summed E-state index contributed by atoms with van der Waals surface area (Å²) in [6, 6.07) is 0. The van der Waals surface area contributed by atoms with Crippen LogP contribution in [-0.4, -0.2) is 18.6 Å². The first kappa shape index (κ1) is 14.7. The van der Waals surface area contributed by atoms with Gasteiger partial charge in [-0.25, -0.2) is 0 Å². The maximum atomic E-state index is 6.02. The van der Waals surface area contributed by atoms with Crippen molar-refractivity contribution in [1.82, 2.24) is 5.32 Å². The van der Waals surface area contributed by atoms with E-state index in [-0.39, 0.29) is 5.54 Å². The highest BCUT2D eigenvalue weighted by Gasteiger charge is 2.30. The minimum atomic E-state index is 0.214. The average Bonchev–Trinajstić information content (AvgIpc) is 2.54. The molecular formula is C15H30N2. The van der Waals surface area contributed by atoms with Gasteiger partial charge in [-0.1, -0.05) is 38.7 Å². The van der Waals surface area contributed by atoms with Crippen molar-refractivity contribution in [2.24, 2.45) is 11.7 Å². The maximum absolute atomic E-state index is 6.02. The molecule has 2 unspecified atom stereocenters. The summed E-state index contributed by atoms with van der Waals surface area (Å²) >= 11 is 0. The van der Waals surface area contributed by atoms with Crippen molar-refractivity contribution in [3.05, 3.63) is 12.7 Å². The number of hydrogen-bond donors (Lipinski definition) is 2. The van der Waals surface area contributed by atoms with Gasteiger partial charge in [0, 0.05) is 12.1 Å². The molecule has 1 saturated carbocycles. The van der Waals surface area contributed by atoms with Crippen molar-refractivity contribution in [1.29, 1.82) is 0 Å². The number of rotatable bonds is 7. The first-order valence-corrected chi connectivity index (χ1v) is 7.32. The number of nitrogens with two attached hydrogens (primary N) is 1. The topological polar surface area (TPSA) is 38.0 Å². The predicted octanol–water partition coefficient (Wildman–Crippen LogP) is 3.23. The van der Waals surface area contributed by atoms with Crippen molar-refractivity contribution in [2.75, 3.05) is 13.1 Å². The van der Waals surface area contributed by atoms with Crippen LogP contribution in [0.2, 0.25) is 0 Å². The summed E-state index contributed by atoms with van der Waals surface area (Å²) in [5.41, 5.74) is 6.23. The fourth-order valence-electron chi connectivity index (χ4n) is 3.07. The highest BCUT2D eigenvalue weighted by molar-refractivity contribution is 4.92. The Kier molecular flexibility index (Phi) is 6.83. The fourth-order valence-corrected chi connectivity index (χ4v) is 3.07. The van der Waals surface area contributed by atoms with Gasteiger partial charge in [-0.2, -0.15) is 0 Å². The van der Waals surface area contributed by atoms with E-state index in [0.717, 1.165) is 25.4 Å². The van der Waals surface area contributed by atoms with Gasteiger partial charge in [-0.15, -0.1) is 6.58 Å². The largest absolute Gasteiger partial charge is 0.329 e. The molecule has 1 aliphatic carbocycles. The van der Waals surface area contributed by atoms with E-state index in [1.807, 2.05) is 6.08 Å². The van der Waals surface area contributed by atoms with Crippen LogP contribution in [0.5, 0.6) is 0 Å². The Bertz CT molecular complexity index is 215. The molecule has 1 aliphatic rings. The molecule has 0 aromatic rings. The van der Waals surface area contributed by atoms with Crippen LogP contribution in [0.3, 0.4) is 0 Å². The Morgan fingerprint density at radius 2 is 2.24 bits per heavy atom. The van der Waals surface area contributed by atoms with Gasteiger partial charge in [0.1, 0.15) is 0 Å². The van der Waals surface area contributed by atoms with Crippen LogP contribution in [0.25, 0.3) is 0 Å². The van der Waals surface area contributed by atoms with E-state index < -0.39 is 0 Å². The standard InChI is InChI=1S/C15H30N2/c1-3-5-12-17-15(13-16)10-6-8-14(7-4-2)9-11-15/h3,14,17H,1,4-13,16H2,2H3. The van der Waals surface area contributed by atoms with Crippen LogP contribution in [0, 0.1) is 5.92 Å². The van der Waals surface area contributed by atoms with Crippen LogP contribution < -0.4 is 11.1 Å². The van der Waals surface area contributed by atoms with Gasteiger partial charge in [-0.3, -0.25) is 0 Å². The van der Waals surface area contributed by atoms with E-state index in [0.29, 0.717) is 0 Å². The van der Waals surface area contributed by atoms with Gasteiger partial charge in [0.05, 0.1) is 0 Å². The molecule has 0 aromatic heterocycles. The zero-order valence-corrected chi connectivity index (χ0v) is 11.5. The first-order chi connectivity index (χ1) is 8.26. The summed E-state index contributed by atoms with van der Waals surface area (Å²) in [5, 5.41) is 3.69. The molecule has 0 heterocycles. The predicted molar refractivity (Wildman–Crippen MR) is 76.1 cm³/mol. The lowest BCUT2D eigenvalue weighted by Gasteiger charge is -2.33. The number of hydrogen-bond acceptors (Lipinski definition) is 2. The van der Waals surface area contributed by atoms with Crippen LogP contribution in [0.1, 0.15) is 58.3 Å². The molecule has 0 radical (unpaired) electrons. The zero-order chi connectivity index (χ0) is 12.6. The van der Waals surface area contributed by atoms with Gasteiger partial charge in [-0.05, 0) is 38.1 Å². The molecular weight excluding hydrogens is 208 g/mol. The summed E-state index contributed by atoms with van der Waals surface area (Å²) in [4.78, 5) is 0. The summed E-state index contributed by atoms with van der Waals surface area (Å²) in [6.45, 7) is 7.88. The van der Waals surface area contributed by atoms with Crippen LogP contribution in [-0.2, 0) is 0 Å². The molecule has 1 fully saturated rings. The smallest absolute Gasteiger partial charge is 0.0304 e. The molecule has 17 heavy (non-hydrogen) atoms. The van der Waals surface area contributed by atoms with E-state index >= 15 is 0 Å². The van der Waals surface area contributed by atoms with E-state index in [2.05, 4.69) is 18.8 Å². The molecule has 2 nitrogen and oxygen atoms in total. The SMILES string of the molecule is C=CCCNC1(CN)CCCC(CCC)CC1. The molecule has 0 amide bonds. The molecule has 1 rings (SSSR count). The van der Waals surface area contributed by atoms with Crippen molar-refractivity contribution in [3.63, 3.8) is 0 Å². The van der Waals surface area contributed by atoms with Gasteiger partial charge in [0.2, 0.25) is 0 Å². The maximum Gasteiger partial charge on any atom is 0.0304 e. The minimum absolute atomic E-state index is 0.214. The van der Waals surface area contributed by atoms with E-state index in [9.17, 15) is 0 Å². The second-order valence-electron chi connectivity index (χ2n) is 5.57.